The van der Waals surface area contributed by atoms with Crippen LogP contribution in [0.15, 0.2) is 12.2 Å². The molecule has 0 amide bonds. The zero-order chi connectivity index (χ0) is 14.3. The number of hydrogen-bond donors (Lipinski definition) is 1. The van der Waals surface area contributed by atoms with Crippen LogP contribution in [0.2, 0.25) is 0 Å². The van der Waals surface area contributed by atoms with Gasteiger partial charge in [-0.25, -0.2) is 14.3 Å². The SMILES string of the molecule is C=C(C)C(=O)CO[NH3+].CC(C)(C)OS(=O)(=O)[O-]. The van der Waals surface area contributed by atoms with E-state index in [2.05, 4.69) is 21.5 Å². The van der Waals surface area contributed by atoms with E-state index in [0.717, 1.165) is 0 Å². The maximum absolute atomic E-state index is 10.5. The average molecular weight is 269 g/mol. The van der Waals surface area contributed by atoms with Crippen LogP contribution in [0.4, 0.5) is 0 Å². The molecule has 0 saturated carbocycles. The third kappa shape index (κ3) is 17.8. The number of carbonyl (C=O) groups is 1. The summed E-state index contributed by atoms with van der Waals surface area (Å²) in [7, 11) is -4.53. The lowest BCUT2D eigenvalue weighted by molar-refractivity contribution is -0.685. The molecule has 3 N–H and O–H groups in total. The highest BCUT2D eigenvalue weighted by Gasteiger charge is 2.13. The van der Waals surface area contributed by atoms with Gasteiger partial charge in [0.1, 0.15) is 0 Å². The summed E-state index contributed by atoms with van der Waals surface area (Å²) in [6, 6.07) is 0. The van der Waals surface area contributed by atoms with E-state index in [-0.39, 0.29) is 12.4 Å². The molecule has 0 atom stereocenters. The Morgan fingerprint density at radius 2 is 1.82 bits per heavy atom. The topological polar surface area (TPSA) is 120 Å². The van der Waals surface area contributed by atoms with Crippen LogP contribution in [0.3, 0.4) is 0 Å². The predicted octanol–water partition coefficient (Wildman–Crippen LogP) is -0.433. The van der Waals surface area contributed by atoms with Gasteiger partial charge < -0.3 is 4.55 Å². The summed E-state index contributed by atoms with van der Waals surface area (Å²) in [5.74, 6) is 2.95. The molecule has 7 nitrogen and oxygen atoms in total. The van der Waals surface area contributed by atoms with Gasteiger partial charge in [0.2, 0.25) is 10.4 Å². The Morgan fingerprint density at radius 1 is 1.41 bits per heavy atom. The smallest absolute Gasteiger partial charge is 0.218 e. The second-order valence-corrected chi connectivity index (χ2v) is 5.14. The normalized spacial score (nSPS) is 11.4. The zero-order valence-electron chi connectivity index (χ0n) is 10.5. The van der Waals surface area contributed by atoms with E-state index in [1.807, 2.05) is 0 Å². The van der Waals surface area contributed by atoms with Crippen LogP contribution in [0.1, 0.15) is 27.7 Å². The van der Waals surface area contributed by atoms with Crippen molar-refractivity contribution in [1.82, 2.24) is 0 Å². The molecular formula is C9H19NO6S. The maximum Gasteiger partial charge on any atom is 0.218 e. The van der Waals surface area contributed by atoms with Gasteiger partial charge in [0.25, 0.3) is 0 Å². The molecule has 17 heavy (non-hydrogen) atoms. The van der Waals surface area contributed by atoms with Crippen molar-refractivity contribution in [3.05, 3.63) is 12.2 Å². The number of ketones is 1. The molecule has 0 aliphatic rings. The molecule has 0 rings (SSSR count). The number of hydrogen-bond acceptors (Lipinski definition) is 6. The summed E-state index contributed by atoms with van der Waals surface area (Å²) in [6.45, 7) is 9.56. The van der Waals surface area contributed by atoms with Crippen LogP contribution in [0.25, 0.3) is 0 Å². The summed E-state index contributed by atoms with van der Waals surface area (Å²) in [5, 5.41) is 0. The van der Waals surface area contributed by atoms with E-state index in [1.54, 1.807) is 6.92 Å². The molecule has 0 radical (unpaired) electrons. The van der Waals surface area contributed by atoms with Gasteiger partial charge >= 0.3 is 0 Å². The second kappa shape index (κ2) is 7.51. The first-order valence-corrected chi connectivity index (χ1v) is 5.94. The molecule has 102 valence electrons. The van der Waals surface area contributed by atoms with Crippen molar-refractivity contribution in [3.8, 4) is 0 Å². The van der Waals surface area contributed by atoms with Crippen LogP contribution >= 0.6 is 0 Å². The minimum absolute atomic E-state index is 0.0370. The fourth-order valence-corrected chi connectivity index (χ4v) is 1.13. The van der Waals surface area contributed by atoms with Crippen molar-refractivity contribution >= 4 is 16.2 Å². The standard InChI is InChI=1S/C5H10NO2.C4H10O4S/c1-4(2)5(7)3-8-6;1-4(2,3)8-9(5,6)7/h1,3H2,2,6H3;1-3H3,(H,5,6,7)/q+1;/p-1. The molecule has 0 aromatic rings. The van der Waals surface area contributed by atoms with E-state index in [0.29, 0.717) is 5.57 Å². The van der Waals surface area contributed by atoms with Gasteiger partial charge in [0.05, 0.1) is 5.60 Å². The lowest BCUT2D eigenvalue weighted by Gasteiger charge is -2.20. The molecule has 0 aromatic heterocycles. The quantitative estimate of drug-likeness (QED) is 0.320. The highest BCUT2D eigenvalue weighted by Crippen LogP contribution is 2.09. The molecule has 0 aliphatic heterocycles. The molecule has 0 fully saturated rings. The van der Waals surface area contributed by atoms with Crippen molar-refractivity contribution in [2.45, 2.75) is 33.3 Å². The Hall–Kier alpha value is -0.800. The number of quaternary nitrogens is 1. The first-order valence-electron chi connectivity index (χ1n) is 4.61. The molecule has 0 bridgehead atoms. The number of Topliss-reactive ketones (excluding diaryl/α,β-unsaturated/α-hetero) is 1. The summed E-state index contributed by atoms with van der Waals surface area (Å²) < 4.78 is 33.6. The molecule has 0 unspecified atom stereocenters. The highest BCUT2D eigenvalue weighted by molar-refractivity contribution is 7.80. The zero-order valence-corrected chi connectivity index (χ0v) is 11.3. The van der Waals surface area contributed by atoms with E-state index in [9.17, 15) is 17.8 Å². The Bertz CT molecular complexity index is 354. The largest absolute Gasteiger partial charge is 0.726 e. The Balaban J connectivity index is 0. The Kier molecular flexibility index (Phi) is 8.20. The minimum atomic E-state index is -4.53. The van der Waals surface area contributed by atoms with Crippen molar-refractivity contribution < 1.29 is 32.7 Å². The fraction of sp³-hybridized carbons (Fsp3) is 0.667. The average Bonchev–Trinajstić information content (AvgIpc) is 1.98. The monoisotopic (exact) mass is 269 g/mol. The second-order valence-electron chi connectivity index (χ2n) is 4.16. The first kappa shape index (κ1) is 18.6. The maximum atomic E-state index is 10.5. The van der Waals surface area contributed by atoms with Crippen molar-refractivity contribution in [3.63, 3.8) is 0 Å². The molecule has 0 aromatic carbocycles. The van der Waals surface area contributed by atoms with Gasteiger partial charge in [-0.1, -0.05) is 6.58 Å². The van der Waals surface area contributed by atoms with Gasteiger partial charge in [-0.05, 0) is 33.3 Å². The fourth-order valence-electron chi connectivity index (χ4n) is 0.522. The van der Waals surface area contributed by atoms with Crippen molar-refractivity contribution in [2.75, 3.05) is 6.61 Å². The molecule has 0 heterocycles. The van der Waals surface area contributed by atoms with Crippen molar-refractivity contribution in [1.29, 1.82) is 0 Å². The summed E-state index contributed by atoms with van der Waals surface area (Å²) in [5.41, 5.74) is -0.408. The molecular weight excluding hydrogens is 250 g/mol. The van der Waals surface area contributed by atoms with Crippen LogP contribution in [-0.2, 0) is 24.2 Å². The van der Waals surface area contributed by atoms with E-state index >= 15 is 0 Å². The van der Waals surface area contributed by atoms with Crippen molar-refractivity contribution in [2.24, 2.45) is 0 Å². The van der Waals surface area contributed by atoms with Crippen LogP contribution in [0, 0.1) is 0 Å². The molecule has 8 heteroatoms. The Labute approximate surface area is 101 Å². The summed E-state index contributed by atoms with van der Waals surface area (Å²) in [4.78, 5) is 14.8. The van der Waals surface area contributed by atoms with E-state index in [4.69, 9.17) is 0 Å². The molecule has 0 spiro atoms. The van der Waals surface area contributed by atoms with Gasteiger partial charge in [-0.2, -0.15) is 4.84 Å². The Morgan fingerprint density at radius 3 is 1.88 bits per heavy atom. The van der Waals surface area contributed by atoms with Gasteiger partial charge in [0.15, 0.2) is 12.4 Å². The predicted molar refractivity (Wildman–Crippen MR) is 59.2 cm³/mol. The van der Waals surface area contributed by atoms with E-state index in [1.165, 1.54) is 20.8 Å². The third-order valence-corrected chi connectivity index (χ3v) is 1.77. The summed E-state index contributed by atoms with van der Waals surface area (Å²) >= 11 is 0. The van der Waals surface area contributed by atoms with Crippen LogP contribution in [0.5, 0.6) is 0 Å². The third-order valence-electron chi connectivity index (χ3n) is 1.06. The van der Waals surface area contributed by atoms with Gasteiger partial charge in [0, 0.05) is 0 Å². The first-order chi connectivity index (χ1) is 7.39. The molecule has 0 aliphatic carbocycles. The minimum Gasteiger partial charge on any atom is -0.726 e. The molecule has 0 saturated heterocycles. The number of carbonyl (C=O) groups excluding carboxylic acids is 1. The van der Waals surface area contributed by atoms with Gasteiger partial charge in [-0.3, -0.25) is 8.98 Å². The summed E-state index contributed by atoms with van der Waals surface area (Å²) in [6.07, 6.45) is 0. The van der Waals surface area contributed by atoms with E-state index < -0.39 is 16.0 Å². The van der Waals surface area contributed by atoms with Gasteiger partial charge in [-0.15, -0.1) is 0 Å². The number of rotatable bonds is 4. The highest BCUT2D eigenvalue weighted by atomic mass is 32.3. The lowest BCUT2D eigenvalue weighted by Crippen LogP contribution is -2.50. The van der Waals surface area contributed by atoms with Crippen LogP contribution in [-0.4, -0.2) is 31.0 Å². The van der Waals surface area contributed by atoms with Crippen LogP contribution < -0.4 is 5.90 Å². The lowest BCUT2D eigenvalue weighted by atomic mass is 10.2.